The number of nitrogens with zero attached hydrogens (tertiary/aromatic N) is 1. The SMILES string of the molecule is CC(CCN)NC(=O)c1ccc(=O)[nH]n1. The summed E-state index contributed by atoms with van der Waals surface area (Å²) in [6.07, 6.45) is 0.703. The number of amides is 1. The first-order valence-electron chi connectivity index (χ1n) is 4.70. The number of hydrogen-bond acceptors (Lipinski definition) is 4. The van der Waals surface area contributed by atoms with Crippen LogP contribution < -0.4 is 16.6 Å². The van der Waals surface area contributed by atoms with Crippen molar-refractivity contribution in [1.82, 2.24) is 15.5 Å². The smallest absolute Gasteiger partial charge is 0.271 e. The highest BCUT2D eigenvalue weighted by atomic mass is 16.2. The van der Waals surface area contributed by atoms with E-state index in [0.717, 1.165) is 0 Å². The Morgan fingerprint density at radius 3 is 2.93 bits per heavy atom. The molecule has 1 aromatic heterocycles. The first kappa shape index (κ1) is 11.4. The number of aromatic nitrogens is 2. The molecule has 1 aromatic rings. The Labute approximate surface area is 86.9 Å². The Balaban J connectivity index is 2.61. The summed E-state index contributed by atoms with van der Waals surface area (Å²) in [5, 5.41) is 8.52. The molecular formula is C9H14N4O2. The summed E-state index contributed by atoms with van der Waals surface area (Å²) in [5.74, 6) is -0.313. The van der Waals surface area contributed by atoms with E-state index in [1.165, 1.54) is 12.1 Å². The van der Waals surface area contributed by atoms with E-state index in [1.54, 1.807) is 0 Å². The minimum Gasteiger partial charge on any atom is -0.348 e. The summed E-state index contributed by atoms with van der Waals surface area (Å²) in [6.45, 7) is 2.37. The van der Waals surface area contributed by atoms with E-state index in [9.17, 15) is 9.59 Å². The zero-order valence-corrected chi connectivity index (χ0v) is 8.49. The van der Waals surface area contributed by atoms with E-state index >= 15 is 0 Å². The molecule has 0 bridgehead atoms. The monoisotopic (exact) mass is 210 g/mol. The van der Waals surface area contributed by atoms with Gasteiger partial charge in [-0.1, -0.05) is 0 Å². The first-order chi connectivity index (χ1) is 7.13. The van der Waals surface area contributed by atoms with Crippen LogP contribution in [0, 0.1) is 0 Å². The molecular weight excluding hydrogens is 196 g/mol. The van der Waals surface area contributed by atoms with E-state index in [1.807, 2.05) is 6.92 Å². The summed E-state index contributed by atoms with van der Waals surface area (Å²) in [7, 11) is 0. The minimum atomic E-state index is -0.332. The molecule has 0 saturated carbocycles. The van der Waals surface area contributed by atoms with Crippen molar-refractivity contribution in [3.05, 3.63) is 28.2 Å². The molecule has 15 heavy (non-hydrogen) atoms. The van der Waals surface area contributed by atoms with E-state index in [2.05, 4.69) is 15.5 Å². The normalized spacial score (nSPS) is 12.1. The molecule has 0 aliphatic carbocycles. The third kappa shape index (κ3) is 3.51. The molecule has 0 aliphatic rings. The largest absolute Gasteiger partial charge is 0.348 e. The van der Waals surface area contributed by atoms with Gasteiger partial charge in [0.15, 0.2) is 0 Å². The molecule has 0 spiro atoms. The number of aromatic amines is 1. The molecule has 6 heteroatoms. The maximum absolute atomic E-state index is 11.5. The van der Waals surface area contributed by atoms with Crippen molar-refractivity contribution in [3.63, 3.8) is 0 Å². The topological polar surface area (TPSA) is 101 Å². The van der Waals surface area contributed by atoms with Gasteiger partial charge < -0.3 is 11.1 Å². The lowest BCUT2D eigenvalue weighted by Gasteiger charge is -2.11. The van der Waals surface area contributed by atoms with Crippen molar-refractivity contribution in [1.29, 1.82) is 0 Å². The highest BCUT2D eigenvalue weighted by Gasteiger charge is 2.10. The van der Waals surface area contributed by atoms with Gasteiger partial charge in [-0.2, -0.15) is 5.10 Å². The third-order valence-corrected chi connectivity index (χ3v) is 1.89. The standard InChI is InChI=1S/C9H14N4O2/c1-6(4-5-10)11-9(15)7-2-3-8(14)13-12-7/h2-3,6H,4-5,10H2,1H3,(H,11,15)(H,13,14). The third-order valence-electron chi connectivity index (χ3n) is 1.89. The highest BCUT2D eigenvalue weighted by molar-refractivity contribution is 5.92. The van der Waals surface area contributed by atoms with Gasteiger partial charge >= 0.3 is 0 Å². The fraction of sp³-hybridized carbons (Fsp3) is 0.444. The number of carbonyl (C=O) groups excluding carboxylic acids is 1. The Morgan fingerprint density at radius 2 is 2.40 bits per heavy atom. The molecule has 6 nitrogen and oxygen atoms in total. The van der Waals surface area contributed by atoms with Crippen LogP contribution in [-0.2, 0) is 0 Å². The van der Waals surface area contributed by atoms with Crippen LogP contribution in [-0.4, -0.2) is 28.7 Å². The van der Waals surface area contributed by atoms with Crippen LogP contribution >= 0.6 is 0 Å². The maximum atomic E-state index is 11.5. The molecule has 0 saturated heterocycles. The molecule has 0 radical (unpaired) electrons. The lowest BCUT2D eigenvalue weighted by atomic mass is 10.2. The molecule has 1 amide bonds. The molecule has 1 heterocycles. The number of carbonyl (C=O) groups is 1. The lowest BCUT2D eigenvalue weighted by Crippen LogP contribution is -2.35. The second-order valence-electron chi connectivity index (χ2n) is 3.26. The average molecular weight is 210 g/mol. The van der Waals surface area contributed by atoms with Crippen molar-refractivity contribution < 1.29 is 4.79 Å². The van der Waals surface area contributed by atoms with Crippen molar-refractivity contribution in [2.75, 3.05) is 6.54 Å². The molecule has 1 unspecified atom stereocenters. The van der Waals surface area contributed by atoms with E-state index in [0.29, 0.717) is 13.0 Å². The number of rotatable bonds is 4. The van der Waals surface area contributed by atoms with Gasteiger partial charge in [0.1, 0.15) is 5.69 Å². The Kier molecular flexibility index (Phi) is 3.99. The van der Waals surface area contributed by atoms with Gasteiger partial charge in [0, 0.05) is 12.1 Å². The van der Waals surface area contributed by atoms with Gasteiger partial charge in [-0.3, -0.25) is 9.59 Å². The summed E-state index contributed by atoms with van der Waals surface area (Å²) >= 11 is 0. The van der Waals surface area contributed by atoms with Crippen molar-refractivity contribution >= 4 is 5.91 Å². The zero-order valence-electron chi connectivity index (χ0n) is 8.49. The van der Waals surface area contributed by atoms with Gasteiger partial charge in [0.2, 0.25) is 0 Å². The second-order valence-corrected chi connectivity index (χ2v) is 3.26. The van der Waals surface area contributed by atoms with Crippen LogP contribution in [0.25, 0.3) is 0 Å². The molecule has 0 aliphatic heterocycles. The van der Waals surface area contributed by atoms with E-state index in [-0.39, 0.29) is 23.2 Å². The molecule has 1 rings (SSSR count). The molecule has 0 aromatic carbocycles. The van der Waals surface area contributed by atoms with E-state index < -0.39 is 0 Å². The number of nitrogens with two attached hydrogens (primary N) is 1. The zero-order chi connectivity index (χ0) is 11.3. The van der Waals surface area contributed by atoms with Crippen LogP contribution in [0.1, 0.15) is 23.8 Å². The molecule has 1 atom stereocenters. The summed E-state index contributed by atoms with van der Waals surface area (Å²) in [4.78, 5) is 22.2. The first-order valence-corrected chi connectivity index (χ1v) is 4.70. The molecule has 4 N–H and O–H groups in total. The Bertz CT molecular complexity index is 367. The van der Waals surface area contributed by atoms with Crippen LogP contribution in [0.4, 0.5) is 0 Å². The van der Waals surface area contributed by atoms with Crippen molar-refractivity contribution in [2.45, 2.75) is 19.4 Å². The van der Waals surface area contributed by atoms with Crippen molar-refractivity contribution in [3.8, 4) is 0 Å². The predicted octanol–water partition coefficient (Wildman–Crippen LogP) is -0.763. The Morgan fingerprint density at radius 1 is 1.67 bits per heavy atom. The quantitative estimate of drug-likeness (QED) is 0.607. The number of H-pyrrole nitrogens is 1. The molecule has 82 valence electrons. The second kappa shape index (κ2) is 5.26. The van der Waals surface area contributed by atoms with Gasteiger partial charge in [-0.25, -0.2) is 5.10 Å². The van der Waals surface area contributed by atoms with Gasteiger partial charge in [0.25, 0.3) is 11.5 Å². The highest BCUT2D eigenvalue weighted by Crippen LogP contribution is 1.93. The molecule has 0 fully saturated rings. The van der Waals surface area contributed by atoms with Crippen molar-refractivity contribution in [2.24, 2.45) is 5.73 Å². The average Bonchev–Trinajstić information content (AvgIpc) is 2.18. The summed E-state index contributed by atoms with van der Waals surface area (Å²) < 4.78 is 0. The summed E-state index contributed by atoms with van der Waals surface area (Å²) in [5.41, 5.74) is 5.21. The van der Waals surface area contributed by atoms with Gasteiger partial charge in [-0.05, 0) is 26.0 Å². The minimum absolute atomic E-state index is 0.00349. The summed E-state index contributed by atoms with van der Waals surface area (Å²) in [6, 6.07) is 2.63. The van der Waals surface area contributed by atoms with Crippen LogP contribution in [0.5, 0.6) is 0 Å². The lowest BCUT2D eigenvalue weighted by molar-refractivity contribution is 0.0932. The van der Waals surface area contributed by atoms with Crippen LogP contribution in [0.3, 0.4) is 0 Å². The number of hydrogen-bond donors (Lipinski definition) is 3. The van der Waals surface area contributed by atoms with Gasteiger partial charge in [-0.15, -0.1) is 0 Å². The predicted molar refractivity (Wildman–Crippen MR) is 55.5 cm³/mol. The van der Waals surface area contributed by atoms with Crippen LogP contribution in [0.2, 0.25) is 0 Å². The fourth-order valence-corrected chi connectivity index (χ4v) is 1.09. The maximum Gasteiger partial charge on any atom is 0.271 e. The van der Waals surface area contributed by atoms with E-state index in [4.69, 9.17) is 5.73 Å². The fourth-order valence-electron chi connectivity index (χ4n) is 1.09. The Hall–Kier alpha value is -1.69. The van der Waals surface area contributed by atoms with Gasteiger partial charge in [0.05, 0.1) is 0 Å². The van der Waals surface area contributed by atoms with Crippen LogP contribution in [0.15, 0.2) is 16.9 Å². The number of nitrogens with one attached hydrogen (secondary N) is 2.